The number of nitrogens with zero attached hydrogens (tertiary/aromatic N) is 4. The molecule has 0 bridgehead atoms. The lowest BCUT2D eigenvalue weighted by molar-refractivity contribution is 0.977. The highest BCUT2D eigenvalue weighted by Crippen LogP contribution is 2.27. The van der Waals surface area contributed by atoms with Crippen LogP contribution in [0.25, 0.3) is 0 Å². The lowest BCUT2D eigenvalue weighted by Gasteiger charge is -1.94. The number of aromatic nitrogens is 4. The van der Waals surface area contributed by atoms with Crippen molar-refractivity contribution in [3.8, 4) is 0 Å². The summed E-state index contributed by atoms with van der Waals surface area (Å²) in [7, 11) is 0. The molecule has 0 saturated heterocycles. The summed E-state index contributed by atoms with van der Waals surface area (Å²) < 4.78 is 0.860. The molecule has 0 aliphatic heterocycles. The quantitative estimate of drug-likeness (QED) is 0.812. The summed E-state index contributed by atoms with van der Waals surface area (Å²) >= 11 is 8.57. The van der Waals surface area contributed by atoms with Gasteiger partial charge in [0, 0.05) is 0 Å². The zero-order valence-corrected chi connectivity index (χ0v) is 9.53. The standard InChI is InChI=1S/C7H5ClN4S2/c1-4-11-12-7(13-4)14-6-3-9-5(8)2-10-6/h2-3H,1H3. The minimum Gasteiger partial charge on any atom is -0.245 e. The Morgan fingerprint density at radius 1 is 1.29 bits per heavy atom. The van der Waals surface area contributed by atoms with E-state index in [2.05, 4.69) is 20.2 Å². The molecule has 0 unspecified atom stereocenters. The van der Waals surface area contributed by atoms with E-state index in [1.54, 1.807) is 6.20 Å². The zero-order valence-electron chi connectivity index (χ0n) is 7.14. The summed E-state index contributed by atoms with van der Waals surface area (Å²) in [5.74, 6) is 0. The summed E-state index contributed by atoms with van der Waals surface area (Å²) in [6.07, 6.45) is 3.13. The van der Waals surface area contributed by atoms with E-state index in [9.17, 15) is 0 Å². The Labute approximate surface area is 93.8 Å². The molecule has 7 heteroatoms. The van der Waals surface area contributed by atoms with Gasteiger partial charge in [0.05, 0.1) is 12.4 Å². The Balaban J connectivity index is 2.15. The van der Waals surface area contributed by atoms with Gasteiger partial charge in [-0.15, -0.1) is 10.2 Å². The molecule has 0 radical (unpaired) electrons. The van der Waals surface area contributed by atoms with Crippen molar-refractivity contribution in [2.75, 3.05) is 0 Å². The van der Waals surface area contributed by atoms with Crippen molar-refractivity contribution in [3.05, 3.63) is 22.6 Å². The van der Waals surface area contributed by atoms with Gasteiger partial charge in [0.2, 0.25) is 0 Å². The highest BCUT2D eigenvalue weighted by Gasteiger charge is 2.04. The van der Waals surface area contributed by atoms with Crippen LogP contribution >= 0.6 is 34.7 Å². The van der Waals surface area contributed by atoms with E-state index < -0.39 is 0 Å². The molecule has 2 rings (SSSR count). The molecule has 0 fully saturated rings. The normalized spacial score (nSPS) is 10.4. The van der Waals surface area contributed by atoms with Crippen LogP contribution < -0.4 is 0 Å². The third-order valence-electron chi connectivity index (χ3n) is 1.30. The van der Waals surface area contributed by atoms with E-state index in [4.69, 9.17) is 11.6 Å². The Morgan fingerprint density at radius 3 is 2.71 bits per heavy atom. The lowest BCUT2D eigenvalue weighted by Crippen LogP contribution is -1.82. The van der Waals surface area contributed by atoms with Crippen molar-refractivity contribution >= 4 is 34.7 Å². The lowest BCUT2D eigenvalue weighted by atomic mass is 10.8. The monoisotopic (exact) mass is 244 g/mol. The maximum absolute atomic E-state index is 5.61. The molecular formula is C7H5ClN4S2. The maximum Gasteiger partial charge on any atom is 0.180 e. The number of halogens is 1. The fourth-order valence-electron chi connectivity index (χ4n) is 0.762. The van der Waals surface area contributed by atoms with Gasteiger partial charge in [-0.1, -0.05) is 22.9 Å². The fraction of sp³-hybridized carbons (Fsp3) is 0.143. The average Bonchev–Trinajstić information content (AvgIpc) is 2.56. The van der Waals surface area contributed by atoms with Crippen LogP contribution in [0.1, 0.15) is 5.01 Å². The first-order valence-corrected chi connectivity index (χ1v) is 5.70. The SMILES string of the molecule is Cc1nnc(Sc2cnc(Cl)cn2)s1. The summed E-state index contributed by atoms with van der Waals surface area (Å²) in [6.45, 7) is 1.91. The minimum atomic E-state index is 0.391. The minimum absolute atomic E-state index is 0.391. The molecule has 0 aliphatic rings. The summed E-state index contributed by atoms with van der Waals surface area (Å²) in [4.78, 5) is 8.01. The van der Waals surface area contributed by atoms with Gasteiger partial charge in [-0.3, -0.25) is 0 Å². The first kappa shape index (κ1) is 9.82. The maximum atomic E-state index is 5.61. The molecule has 4 nitrogen and oxygen atoms in total. The van der Waals surface area contributed by atoms with Crippen molar-refractivity contribution in [3.63, 3.8) is 0 Å². The molecule has 2 aromatic heterocycles. The fourth-order valence-corrected chi connectivity index (χ4v) is 2.53. The van der Waals surface area contributed by atoms with Crippen LogP contribution in [-0.2, 0) is 0 Å². The van der Waals surface area contributed by atoms with Gasteiger partial charge in [0.1, 0.15) is 15.2 Å². The van der Waals surface area contributed by atoms with E-state index in [1.165, 1.54) is 29.3 Å². The van der Waals surface area contributed by atoms with E-state index >= 15 is 0 Å². The van der Waals surface area contributed by atoms with Crippen molar-refractivity contribution in [1.82, 2.24) is 20.2 Å². The molecule has 2 aromatic rings. The Bertz CT molecular complexity index is 428. The van der Waals surface area contributed by atoms with Crippen LogP contribution in [0.3, 0.4) is 0 Å². The van der Waals surface area contributed by atoms with Gasteiger partial charge in [-0.05, 0) is 18.7 Å². The van der Waals surface area contributed by atoms with Gasteiger partial charge in [0.15, 0.2) is 4.34 Å². The van der Waals surface area contributed by atoms with Gasteiger partial charge in [0.25, 0.3) is 0 Å². The summed E-state index contributed by atoms with van der Waals surface area (Å²) in [5.41, 5.74) is 0. The van der Waals surface area contributed by atoms with E-state index in [0.717, 1.165) is 14.4 Å². The van der Waals surface area contributed by atoms with Crippen molar-refractivity contribution in [2.45, 2.75) is 16.3 Å². The summed E-state index contributed by atoms with van der Waals surface area (Å²) in [6, 6.07) is 0. The van der Waals surface area contributed by atoms with Gasteiger partial charge in [-0.25, -0.2) is 9.97 Å². The molecule has 0 amide bonds. The van der Waals surface area contributed by atoms with E-state index in [1.807, 2.05) is 6.92 Å². The predicted octanol–water partition coefficient (Wildman–Crippen LogP) is 2.44. The molecule has 0 atom stereocenters. The van der Waals surface area contributed by atoms with Crippen LogP contribution in [-0.4, -0.2) is 20.2 Å². The molecule has 2 heterocycles. The van der Waals surface area contributed by atoms with Crippen molar-refractivity contribution < 1.29 is 0 Å². The Hall–Kier alpha value is -0.720. The summed E-state index contributed by atoms with van der Waals surface area (Å²) in [5, 5.41) is 9.97. The zero-order chi connectivity index (χ0) is 9.97. The molecule has 0 aliphatic carbocycles. The largest absolute Gasteiger partial charge is 0.245 e. The molecular weight excluding hydrogens is 240 g/mol. The van der Waals surface area contributed by atoms with Gasteiger partial charge < -0.3 is 0 Å². The van der Waals surface area contributed by atoms with Crippen LogP contribution in [0.2, 0.25) is 5.15 Å². The second-order valence-electron chi connectivity index (χ2n) is 2.37. The number of aryl methyl sites for hydroxylation is 1. The third kappa shape index (κ3) is 2.40. The van der Waals surface area contributed by atoms with Crippen LogP contribution in [0.5, 0.6) is 0 Å². The average molecular weight is 245 g/mol. The smallest absolute Gasteiger partial charge is 0.180 e. The number of rotatable bonds is 2. The molecule has 0 aromatic carbocycles. The molecule has 0 saturated carbocycles. The van der Waals surface area contributed by atoms with Crippen LogP contribution in [0.4, 0.5) is 0 Å². The molecule has 14 heavy (non-hydrogen) atoms. The second kappa shape index (κ2) is 4.20. The predicted molar refractivity (Wildman–Crippen MR) is 55.8 cm³/mol. The van der Waals surface area contributed by atoms with E-state index in [0.29, 0.717) is 5.15 Å². The molecule has 72 valence electrons. The Kier molecular flexibility index (Phi) is 2.95. The van der Waals surface area contributed by atoms with Crippen molar-refractivity contribution in [2.24, 2.45) is 0 Å². The topological polar surface area (TPSA) is 51.6 Å². The second-order valence-corrected chi connectivity index (χ2v) is 5.20. The Morgan fingerprint density at radius 2 is 2.14 bits per heavy atom. The highest BCUT2D eigenvalue weighted by atomic mass is 35.5. The number of hydrogen-bond donors (Lipinski definition) is 0. The van der Waals surface area contributed by atoms with Crippen LogP contribution in [0.15, 0.2) is 21.8 Å². The molecule has 0 spiro atoms. The van der Waals surface area contributed by atoms with Gasteiger partial charge >= 0.3 is 0 Å². The van der Waals surface area contributed by atoms with Crippen molar-refractivity contribution in [1.29, 1.82) is 0 Å². The first-order valence-electron chi connectivity index (χ1n) is 3.69. The first-order chi connectivity index (χ1) is 6.74. The van der Waals surface area contributed by atoms with Crippen LogP contribution in [0, 0.1) is 6.92 Å². The third-order valence-corrected chi connectivity index (χ3v) is 3.30. The highest BCUT2D eigenvalue weighted by molar-refractivity contribution is 8.01. The van der Waals surface area contributed by atoms with E-state index in [-0.39, 0.29) is 0 Å². The van der Waals surface area contributed by atoms with Gasteiger partial charge in [-0.2, -0.15) is 0 Å². The number of hydrogen-bond acceptors (Lipinski definition) is 6. The molecule has 0 N–H and O–H groups in total.